The first kappa shape index (κ1) is 18.5. The molecule has 29 heavy (non-hydrogen) atoms. The topological polar surface area (TPSA) is 67.4 Å². The van der Waals surface area contributed by atoms with E-state index in [1.807, 2.05) is 12.3 Å². The normalized spacial score (nSPS) is 22.7. The molecule has 1 saturated carbocycles. The Hall–Kier alpha value is -2.54. The van der Waals surface area contributed by atoms with Crippen molar-refractivity contribution in [3.63, 3.8) is 0 Å². The number of halogens is 1. The Balaban J connectivity index is 1.27. The van der Waals surface area contributed by atoms with Crippen LogP contribution in [0.25, 0.3) is 0 Å². The molecule has 3 heterocycles. The van der Waals surface area contributed by atoms with Gasteiger partial charge in [-0.05, 0) is 43.4 Å². The summed E-state index contributed by atoms with van der Waals surface area (Å²) in [5.41, 5.74) is 2.35. The number of carbonyl (C=O) groups is 1. The molecule has 1 aromatic carbocycles. The smallest absolute Gasteiger partial charge is 0.230 e. The Morgan fingerprint density at radius 2 is 2.24 bits per heavy atom. The summed E-state index contributed by atoms with van der Waals surface area (Å²) in [6, 6.07) is 6.49. The summed E-state index contributed by atoms with van der Waals surface area (Å²) < 4.78 is 19.1. The molecule has 152 valence electrons. The van der Waals surface area contributed by atoms with Crippen molar-refractivity contribution in [2.75, 3.05) is 24.6 Å². The van der Waals surface area contributed by atoms with Gasteiger partial charge in [-0.25, -0.2) is 14.4 Å². The summed E-state index contributed by atoms with van der Waals surface area (Å²) in [6.07, 6.45) is 6.13. The van der Waals surface area contributed by atoms with E-state index >= 15 is 0 Å². The van der Waals surface area contributed by atoms with Crippen molar-refractivity contribution < 1.29 is 13.9 Å². The molecular weight excluding hydrogens is 371 g/mol. The van der Waals surface area contributed by atoms with E-state index in [0.29, 0.717) is 19.8 Å². The highest BCUT2D eigenvalue weighted by molar-refractivity contribution is 5.91. The van der Waals surface area contributed by atoms with Crippen LogP contribution in [0.5, 0.6) is 0 Å². The fourth-order valence-electron chi connectivity index (χ4n) is 4.43. The van der Waals surface area contributed by atoms with Crippen LogP contribution >= 0.6 is 0 Å². The van der Waals surface area contributed by atoms with Crippen LogP contribution in [0.3, 0.4) is 0 Å². The van der Waals surface area contributed by atoms with Gasteiger partial charge in [-0.2, -0.15) is 0 Å². The number of aromatic nitrogens is 2. The van der Waals surface area contributed by atoms with E-state index < -0.39 is 5.41 Å². The number of hydrogen-bond donors (Lipinski definition) is 1. The zero-order chi connectivity index (χ0) is 19.8. The minimum absolute atomic E-state index is 0.0125. The molecule has 2 fully saturated rings. The largest absolute Gasteiger partial charge is 0.376 e. The van der Waals surface area contributed by atoms with E-state index in [2.05, 4.69) is 15.2 Å². The maximum atomic E-state index is 13.6. The van der Waals surface area contributed by atoms with Gasteiger partial charge in [-0.3, -0.25) is 4.79 Å². The third kappa shape index (κ3) is 3.59. The Bertz CT molecular complexity index is 931. The number of rotatable bonds is 4. The maximum absolute atomic E-state index is 13.6. The first-order valence-corrected chi connectivity index (χ1v) is 10.4. The number of amides is 1. The van der Waals surface area contributed by atoms with Gasteiger partial charge in [0.25, 0.3) is 0 Å². The second kappa shape index (κ2) is 7.37. The summed E-state index contributed by atoms with van der Waals surface area (Å²) in [7, 11) is 0. The fraction of sp³-hybridized carbons (Fsp3) is 0.500. The lowest BCUT2D eigenvalue weighted by molar-refractivity contribution is -0.124. The Labute approximate surface area is 169 Å². The minimum atomic E-state index is -0.563. The highest BCUT2D eigenvalue weighted by atomic mass is 19.1. The molecule has 0 bridgehead atoms. The standard InChI is InChI=1S/C22H25FN4O2/c23-17-4-1-3-16(11-17)22(7-8-22)20(28)25-18-5-2-9-27(13-18)21-24-12-15-14-29-10-6-19(15)26-21/h1,3-4,11-12,18H,2,5-10,13-14H2,(H,25,28). The van der Waals surface area contributed by atoms with E-state index in [1.54, 1.807) is 6.07 Å². The second-order valence-corrected chi connectivity index (χ2v) is 8.30. The number of hydrogen-bond acceptors (Lipinski definition) is 5. The van der Waals surface area contributed by atoms with Crippen molar-refractivity contribution in [3.8, 4) is 0 Å². The summed E-state index contributed by atoms with van der Waals surface area (Å²) in [6.45, 7) is 2.86. The number of carbonyl (C=O) groups excluding carboxylic acids is 1. The van der Waals surface area contributed by atoms with Crippen molar-refractivity contribution in [1.29, 1.82) is 0 Å². The average Bonchev–Trinajstić information content (AvgIpc) is 3.56. The summed E-state index contributed by atoms with van der Waals surface area (Å²) in [5.74, 6) is 0.453. The molecule has 0 radical (unpaired) electrons. The van der Waals surface area contributed by atoms with E-state index in [4.69, 9.17) is 9.72 Å². The Kier molecular flexibility index (Phi) is 4.70. The first-order chi connectivity index (χ1) is 14.1. The monoisotopic (exact) mass is 396 g/mol. The van der Waals surface area contributed by atoms with Gasteiger partial charge in [-0.15, -0.1) is 0 Å². The van der Waals surface area contributed by atoms with Gasteiger partial charge in [0.05, 0.1) is 24.3 Å². The zero-order valence-corrected chi connectivity index (χ0v) is 16.4. The number of benzene rings is 1. The molecule has 1 saturated heterocycles. The number of anilines is 1. The predicted octanol–water partition coefficient (Wildman–Crippen LogP) is 2.51. The summed E-state index contributed by atoms with van der Waals surface area (Å²) in [4.78, 5) is 24.5. The quantitative estimate of drug-likeness (QED) is 0.860. The highest BCUT2D eigenvalue weighted by Crippen LogP contribution is 2.48. The molecule has 1 N–H and O–H groups in total. The Morgan fingerprint density at radius 1 is 1.34 bits per heavy atom. The molecule has 1 aliphatic carbocycles. The fourth-order valence-corrected chi connectivity index (χ4v) is 4.43. The number of nitrogens with one attached hydrogen (secondary N) is 1. The van der Waals surface area contributed by atoms with Crippen molar-refractivity contribution in [2.45, 2.75) is 50.2 Å². The highest BCUT2D eigenvalue weighted by Gasteiger charge is 2.51. The lowest BCUT2D eigenvalue weighted by atomic mass is 9.94. The van der Waals surface area contributed by atoms with E-state index in [0.717, 1.165) is 61.4 Å². The van der Waals surface area contributed by atoms with Crippen molar-refractivity contribution in [2.24, 2.45) is 0 Å². The molecular formula is C22H25FN4O2. The molecule has 1 atom stereocenters. The van der Waals surface area contributed by atoms with Crippen LogP contribution in [0.4, 0.5) is 10.3 Å². The van der Waals surface area contributed by atoms with Gasteiger partial charge >= 0.3 is 0 Å². The van der Waals surface area contributed by atoms with E-state index in [1.165, 1.54) is 12.1 Å². The third-order valence-electron chi connectivity index (χ3n) is 6.28. The second-order valence-electron chi connectivity index (χ2n) is 8.30. The molecule has 1 amide bonds. The van der Waals surface area contributed by atoms with Crippen LogP contribution in [0.1, 0.15) is 42.5 Å². The third-order valence-corrected chi connectivity index (χ3v) is 6.28. The van der Waals surface area contributed by atoms with Gasteiger partial charge in [0, 0.05) is 37.3 Å². The van der Waals surface area contributed by atoms with Gasteiger partial charge in [0.1, 0.15) is 5.82 Å². The number of piperidine rings is 1. The molecule has 1 unspecified atom stereocenters. The number of nitrogens with zero attached hydrogens (tertiary/aromatic N) is 3. The van der Waals surface area contributed by atoms with Gasteiger partial charge in [-0.1, -0.05) is 12.1 Å². The lowest BCUT2D eigenvalue weighted by Gasteiger charge is -2.34. The molecule has 7 heteroatoms. The maximum Gasteiger partial charge on any atom is 0.230 e. The average molecular weight is 396 g/mol. The Morgan fingerprint density at radius 3 is 3.07 bits per heavy atom. The van der Waals surface area contributed by atoms with Gasteiger partial charge in [0.15, 0.2) is 0 Å². The predicted molar refractivity (Wildman–Crippen MR) is 106 cm³/mol. The van der Waals surface area contributed by atoms with Gasteiger partial charge in [0.2, 0.25) is 11.9 Å². The molecule has 0 spiro atoms. The van der Waals surface area contributed by atoms with Crippen molar-refractivity contribution in [1.82, 2.24) is 15.3 Å². The zero-order valence-electron chi connectivity index (χ0n) is 16.4. The lowest BCUT2D eigenvalue weighted by Crippen LogP contribution is -2.50. The van der Waals surface area contributed by atoms with Gasteiger partial charge < -0.3 is 15.0 Å². The molecule has 6 nitrogen and oxygen atoms in total. The molecule has 1 aromatic heterocycles. The molecule has 3 aliphatic rings. The van der Waals surface area contributed by atoms with Crippen LogP contribution < -0.4 is 10.2 Å². The molecule has 2 aliphatic heterocycles. The molecule has 2 aromatic rings. The van der Waals surface area contributed by atoms with Crippen molar-refractivity contribution in [3.05, 3.63) is 53.1 Å². The van der Waals surface area contributed by atoms with Crippen LogP contribution in [-0.2, 0) is 28.0 Å². The van der Waals surface area contributed by atoms with Crippen LogP contribution in [0, 0.1) is 5.82 Å². The van der Waals surface area contributed by atoms with Crippen LogP contribution in [0.2, 0.25) is 0 Å². The van der Waals surface area contributed by atoms with Crippen LogP contribution in [0.15, 0.2) is 30.5 Å². The number of fused-ring (bicyclic) bond motifs is 1. The number of ether oxygens (including phenoxy) is 1. The van der Waals surface area contributed by atoms with E-state index in [-0.39, 0.29) is 17.8 Å². The first-order valence-electron chi connectivity index (χ1n) is 10.4. The molecule has 5 rings (SSSR count). The summed E-state index contributed by atoms with van der Waals surface area (Å²) >= 11 is 0. The minimum Gasteiger partial charge on any atom is -0.376 e. The van der Waals surface area contributed by atoms with Crippen molar-refractivity contribution >= 4 is 11.9 Å². The summed E-state index contributed by atoms with van der Waals surface area (Å²) in [5, 5.41) is 3.22. The SMILES string of the molecule is O=C(NC1CCCN(c2ncc3c(n2)CCOC3)C1)C1(c2cccc(F)c2)CC1. The van der Waals surface area contributed by atoms with Crippen LogP contribution in [-0.4, -0.2) is 41.6 Å². The van der Waals surface area contributed by atoms with E-state index in [9.17, 15) is 9.18 Å².